The molecule has 0 spiro atoms. The van der Waals surface area contributed by atoms with Crippen molar-refractivity contribution in [3.8, 4) is 0 Å². The molecule has 1 atom stereocenters. The first-order chi connectivity index (χ1) is 8.91. The van der Waals surface area contributed by atoms with Crippen LogP contribution in [0.15, 0.2) is 18.2 Å². The van der Waals surface area contributed by atoms with Crippen molar-refractivity contribution in [2.24, 2.45) is 11.7 Å². The standard InChI is InChI=1S/C12H13N3O4/c1-7-9(3-2-4-10(7)15(18)19)14-6-8(12(13)17)5-11(14)16/h2-4,8H,5-6H2,1H3,(H2,13,17)/t8-/m1/s1. The van der Waals surface area contributed by atoms with E-state index in [0.717, 1.165) is 0 Å². The molecular weight excluding hydrogens is 250 g/mol. The first-order valence-corrected chi connectivity index (χ1v) is 5.75. The van der Waals surface area contributed by atoms with Gasteiger partial charge in [0.1, 0.15) is 0 Å². The molecule has 0 aromatic heterocycles. The van der Waals surface area contributed by atoms with Crippen molar-refractivity contribution in [2.45, 2.75) is 13.3 Å². The molecule has 19 heavy (non-hydrogen) atoms. The van der Waals surface area contributed by atoms with Gasteiger partial charge < -0.3 is 10.6 Å². The largest absolute Gasteiger partial charge is 0.369 e. The van der Waals surface area contributed by atoms with E-state index in [2.05, 4.69) is 0 Å². The molecule has 7 nitrogen and oxygen atoms in total. The molecule has 2 rings (SSSR count). The van der Waals surface area contributed by atoms with Crippen LogP contribution in [0.5, 0.6) is 0 Å². The predicted octanol–water partition coefficient (Wildman–Crippen LogP) is 0.741. The molecule has 0 radical (unpaired) electrons. The smallest absolute Gasteiger partial charge is 0.274 e. The Balaban J connectivity index is 2.38. The molecule has 0 bridgehead atoms. The van der Waals surface area contributed by atoms with Crippen LogP contribution in [0.1, 0.15) is 12.0 Å². The molecule has 2 N–H and O–H groups in total. The van der Waals surface area contributed by atoms with E-state index in [9.17, 15) is 19.7 Å². The van der Waals surface area contributed by atoms with E-state index >= 15 is 0 Å². The van der Waals surface area contributed by atoms with E-state index in [1.165, 1.54) is 17.0 Å². The summed E-state index contributed by atoms with van der Waals surface area (Å²) in [5.74, 6) is -1.31. The molecule has 1 aromatic carbocycles. The summed E-state index contributed by atoms with van der Waals surface area (Å²) in [5, 5.41) is 10.9. The van der Waals surface area contributed by atoms with Gasteiger partial charge in [-0.25, -0.2) is 0 Å². The van der Waals surface area contributed by atoms with Crippen LogP contribution in [-0.4, -0.2) is 23.3 Å². The maximum absolute atomic E-state index is 11.9. The number of primary amides is 1. The van der Waals surface area contributed by atoms with Crippen LogP contribution < -0.4 is 10.6 Å². The molecule has 0 aliphatic carbocycles. The second-order valence-corrected chi connectivity index (χ2v) is 4.49. The topological polar surface area (TPSA) is 107 Å². The minimum atomic E-state index is -0.536. The van der Waals surface area contributed by atoms with Crippen molar-refractivity contribution in [1.82, 2.24) is 0 Å². The van der Waals surface area contributed by atoms with Gasteiger partial charge in [0.25, 0.3) is 5.69 Å². The van der Waals surface area contributed by atoms with E-state index in [-0.39, 0.29) is 24.6 Å². The molecule has 1 saturated heterocycles. The van der Waals surface area contributed by atoms with Crippen LogP contribution in [0, 0.1) is 23.0 Å². The maximum atomic E-state index is 11.9. The summed E-state index contributed by atoms with van der Waals surface area (Å²) in [6.07, 6.45) is 0.0530. The number of nitrogens with two attached hydrogens (primary N) is 1. The van der Waals surface area contributed by atoms with Crippen molar-refractivity contribution in [3.05, 3.63) is 33.9 Å². The molecule has 0 unspecified atom stereocenters. The number of carbonyl (C=O) groups excluding carboxylic acids is 2. The number of amides is 2. The summed E-state index contributed by atoms with van der Waals surface area (Å²) in [4.78, 5) is 34.8. The number of rotatable bonds is 3. The number of benzene rings is 1. The highest BCUT2D eigenvalue weighted by molar-refractivity contribution is 6.00. The van der Waals surface area contributed by atoms with Gasteiger partial charge in [0, 0.05) is 19.0 Å². The third-order valence-electron chi connectivity index (χ3n) is 3.29. The molecule has 1 heterocycles. The van der Waals surface area contributed by atoms with Crippen LogP contribution in [0.4, 0.5) is 11.4 Å². The lowest BCUT2D eigenvalue weighted by Gasteiger charge is -2.18. The third-order valence-corrected chi connectivity index (χ3v) is 3.29. The Morgan fingerprint density at radius 2 is 2.21 bits per heavy atom. The van der Waals surface area contributed by atoms with Crippen LogP contribution in [0.3, 0.4) is 0 Å². The highest BCUT2D eigenvalue weighted by Crippen LogP contribution is 2.32. The van der Waals surface area contributed by atoms with Crippen molar-refractivity contribution >= 4 is 23.2 Å². The van der Waals surface area contributed by atoms with Gasteiger partial charge in [0.2, 0.25) is 11.8 Å². The number of hydrogen-bond donors (Lipinski definition) is 1. The Hall–Kier alpha value is -2.44. The zero-order chi connectivity index (χ0) is 14.2. The summed E-state index contributed by atoms with van der Waals surface area (Å²) in [5.41, 5.74) is 6.01. The van der Waals surface area contributed by atoms with Crippen molar-refractivity contribution < 1.29 is 14.5 Å². The fraction of sp³-hybridized carbons (Fsp3) is 0.333. The fourth-order valence-corrected chi connectivity index (χ4v) is 2.23. The SMILES string of the molecule is Cc1c(N2C[C@H](C(N)=O)CC2=O)cccc1[N+](=O)[O-]. The monoisotopic (exact) mass is 263 g/mol. The molecule has 100 valence electrons. The van der Waals surface area contributed by atoms with E-state index in [4.69, 9.17) is 5.73 Å². The number of hydrogen-bond acceptors (Lipinski definition) is 4. The van der Waals surface area contributed by atoms with Gasteiger partial charge in [-0.1, -0.05) is 6.07 Å². The number of carbonyl (C=O) groups is 2. The Labute approximate surface area is 109 Å². The molecule has 0 saturated carbocycles. The summed E-state index contributed by atoms with van der Waals surface area (Å²) in [6.45, 7) is 1.76. The van der Waals surface area contributed by atoms with Crippen molar-refractivity contribution in [1.29, 1.82) is 0 Å². The molecular formula is C12H13N3O4. The Kier molecular flexibility index (Phi) is 3.20. The van der Waals surface area contributed by atoms with E-state index < -0.39 is 16.7 Å². The second-order valence-electron chi connectivity index (χ2n) is 4.49. The minimum absolute atomic E-state index is 0.0483. The molecule has 2 amide bonds. The number of nitro benzene ring substituents is 1. The van der Waals surface area contributed by atoms with Crippen molar-refractivity contribution in [2.75, 3.05) is 11.4 Å². The highest BCUT2D eigenvalue weighted by atomic mass is 16.6. The second kappa shape index (κ2) is 4.68. The van der Waals surface area contributed by atoms with Gasteiger partial charge in [-0.3, -0.25) is 19.7 Å². The average molecular weight is 263 g/mol. The summed E-state index contributed by atoms with van der Waals surface area (Å²) < 4.78 is 0. The third kappa shape index (κ3) is 2.26. The lowest BCUT2D eigenvalue weighted by Crippen LogP contribution is -2.28. The minimum Gasteiger partial charge on any atom is -0.369 e. The molecule has 1 aromatic rings. The van der Waals surface area contributed by atoms with Gasteiger partial charge in [0.05, 0.1) is 22.1 Å². The van der Waals surface area contributed by atoms with Gasteiger partial charge >= 0.3 is 0 Å². The van der Waals surface area contributed by atoms with Gasteiger partial charge in [-0.15, -0.1) is 0 Å². The quantitative estimate of drug-likeness (QED) is 0.641. The number of nitro groups is 1. The summed E-state index contributed by atoms with van der Waals surface area (Å²) in [6, 6.07) is 4.53. The highest BCUT2D eigenvalue weighted by Gasteiger charge is 2.35. The van der Waals surface area contributed by atoms with Gasteiger partial charge in [0.15, 0.2) is 0 Å². The molecule has 7 heteroatoms. The van der Waals surface area contributed by atoms with Gasteiger partial charge in [-0.05, 0) is 13.0 Å². The van der Waals surface area contributed by atoms with E-state index in [1.54, 1.807) is 13.0 Å². The lowest BCUT2D eigenvalue weighted by atomic mass is 10.1. The molecule has 1 aliphatic heterocycles. The molecule has 1 aliphatic rings. The van der Waals surface area contributed by atoms with E-state index in [1.807, 2.05) is 0 Å². The lowest BCUT2D eigenvalue weighted by molar-refractivity contribution is -0.385. The Bertz CT molecular complexity index is 570. The van der Waals surface area contributed by atoms with Crippen LogP contribution in [0.2, 0.25) is 0 Å². The summed E-state index contributed by atoms with van der Waals surface area (Å²) in [7, 11) is 0. The van der Waals surface area contributed by atoms with Crippen LogP contribution in [-0.2, 0) is 9.59 Å². The first-order valence-electron chi connectivity index (χ1n) is 5.75. The van der Waals surface area contributed by atoms with E-state index in [0.29, 0.717) is 11.3 Å². The van der Waals surface area contributed by atoms with Crippen molar-refractivity contribution in [3.63, 3.8) is 0 Å². The Morgan fingerprint density at radius 3 is 2.74 bits per heavy atom. The number of nitrogens with zero attached hydrogens (tertiary/aromatic N) is 2. The van der Waals surface area contributed by atoms with Crippen LogP contribution >= 0.6 is 0 Å². The normalized spacial score (nSPS) is 18.7. The summed E-state index contributed by atoms with van der Waals surface area (Å²) >= 11 is 0. The average Bonchev–Trinajstić information content (AvgIpc) is 2.71. The Morgan fingerprint density at radius 1 is 1.53 bits per heavy atom. The zero-order valence-electron chi connectivity index (χ0n) is 10.3. The van der Waals surface area contributed by atoms with Gasteiger partial charge in [-0.2, -0.15) is 0 Å². The molecule has 1 fully saturated rings. The predicted molar refractivity (Wildman–Crippen MR) is 67.5 cm³/mol. The fourth-order valence-electron chi connectivity index (χ4n) is 2.23. The maximum Gasteiger partial charge on any atom is 0.274 e. The zero-order valence-corrected chi connectivity index (χ0v) is 10.3. The van der Waals surface area contributed by atoms with Crippen LogP contribution in [0.25, 0.3) is 0 Å². The number of anilines is 1. The first kappa shape index (κ1) is 13.0.